The monoisotopic (exact) mass is 327 g/mol. The van der Waals surface area contributed by atoms with Gasteiger partial charge in [-0.1, -0.05) is 30.3 Å². The van der Waals surface area contributed by atoms with Crippen LogP contribution in [-0.2, 0) is 16.6 Å². The van der Waals surface area contributed by atoms with Gasteiger partial charge in [0.05, 0.1) is 11.9 Å². The predicted molar refractivity (Wildman–Crippen MR) is 90.1 cm³/mol. The summed E-state index contributed by atoms with van der Waals surface area (Å²) in [5.74, 6) is -0.317. The second-order valence-corrected chi connectivity index (χ2v) is 5.99. The Hall–Kier alpha value is -2.67. The molecule has 2 heterocycles. The van der Waals surface area contributed by atoms with Gasteiger partial charge in [-0.25, -0.2) is 0 Å². The van der Waals surface area contributed by atoms with E-state index >= 15 is 0 Å². The number of aromatic nitrogens is 2. The van der Waals surface area contributed by atoms with Crippen molar-refractivity contribution in [1.29, 1.82) is 0 Å². The van der Waals surface area contributed by atoms with E-state index in [2.05, 4.69) is 10.4 Å². The minimum Gasteiger partial charge on any atom is -0.344 e. The van der Waals surface area contributed by atoms with Gasteiger partial charge in [-0.05, 0) is 12.0 Å². The van der Waals surface area contributed by atoms with Crippen molar-refractivity contribution in [3.8, 4) is 0 Å². The molecule has 126 valence electrons. The zero-order valence-corrected chi connectivity index (χ0v) is 13.6. The van der Waals surface area contributed by atoms with Crippen molar-refractivity contribution in [3.63, 3.8) is 0 Å². The molecule has 3 N–H and O–H groups in total. The summed E-state index contributed by atoms with van der Waals surface area (Å²) in [4.78, 5) is 26.3. The molecule has 0 aliphatic carbocycles. The topological polar surface area (TPSA) is 93.2 Å². The minimum absolute atomic E-state index is 0.107. The molecule has 1 aliphatic heterocycles. The van der Waals surface area contributed by atoms with Crippen molar-refractivity contribution in [2.75, 3.05) is 11.4 Å². The Morgan fingerprint density at radius 1 is 1.42 bits per heavy atom. The van der Waals surface area contributed by atoms with E-state index in [4.69, 9.17) is 5.73 Å². The number of hydrogen-bond acceptors (Lipinski definition) is 4. The first-order valence-corrected chi connectivity index (χ1v) is 7.94. The van der Waals surface area contributed by atoms with E-state index in [1.165, 1.54) is 0 Å². The largest absolute Gasteiger partial charge is 0.344 e. The van der Waals surface area contributed by atoms with Crippen LogP contribution in [0.2, 0.25) is 0 Å². The van der Waals surface area contributed by atoms with E-state index in [0.29, 0.717) is 13.0 Å². The molecule has 1 saturated heterocycles. The first kappa shape index (κ1) is 16.2. The molecule has 0 bridgehead atoms. The fourth-order valence-electron chi connectivity index (χ4n) is 2.89. The number of nitrogens with two attached hydrogens (primary N) is 1. The lowest BCUT2D eigenvalue weighted by Gasteiger charge is -2.16. The summed E-state index contributed by atoms with van der Waals surface area (Å²) < 4.78 is 1.65. The average molecular weight is 327 g/mol. The highest BCUT2D eigenvalue weighted by Crippen LogP contribution is 2.21. The van der Waals surface area contributed by atoms with Crippen LogP contribution in [-0.4, -0.2) is 34.2 Å². The Morgan fingerprint density at radius 3 is 2.83 bits per heavy atom. The molecule has 0 radical (unpaired) electrons. The summed E-state index contributed by atoms with van der Waals surface area (Å²) in [6.45, 7) is 0.570. The summed E-state index contributed by atoms with van der Waals surface area (Å²) >= 11 is 0. The van der Waals surface area contributed by atoms with Gasteiger partial charge in [0, 0.05) is 32.3 Å². The van der Waals surface area contributed by atoms with E-state index in [9.17, 15) is 9.59 Å². The maximum Gasteiger partial charge on any atom is 0.249 e. The fraction of sp³-hybridized carbons (Fsp3) is 0.353. The number of carbonyl (C=O) groups excluding carboxylic acids is 2. The van der Waals surface area contributed by atoms with E-state index in [1.54, 1.807) is 29.0 Å². The van der Waals surface area contributed by atoms with Crippen LogP contribution in [0.5, 0.6) is 0 Å². The van der Waals surface area contributed by atoms with Crippen molar-refractivity contribution in [2.24, 2.45) is 12.8 Å². The Morgan fingerprint density at radius 2 is 2.17 bits per heavy atom. The van der Waals surface area contributed by atoms with Crippen LogP contribution in [0, 0.1) is 0 Å². The maximum absolute atomic E-state index is 12.4. The SMILES string of the molecule is Cn1cc(N2CCC(NC(=O)CC(N)c3ccccc3)C2=O)cn1. The van der Waals surface area contributed by atoms with Gasteiger partial charge in [0.25, 0.3) is 0 Å². The molecule has 1 aromatic carbocycles. The molecular weight excluding hydrogens is 306 g/mol. The maximum atomic E-state index is 12.4. The predicted octanol–water partition coefficient (Wildman–Crippen LogP) is 0.732. The van der Waals surface area contributed by atoms with Gasteiger partial charge >= 0.3 is 0 Å². The normalized spacial score (nSPS) is 18.7. The smallest absolute Gasteiger partial charge is 0.249 e. The summed E-state index contributed by atoms with van der Waals surface area (Å²) in [6, 6.07) is 8.59. The molecule has 0 saturated carbocycles. The molecule has 1 aromatic heterocycles. The second kappa shape index (κ2) is 6.84. The molecule has 2 aromatic rings. The molecule has 2 unspecified atom stereocenters. The molecule has 2 amide bonds. The standard InChI is InChI=1S/C17H21N5O2/c1-21-11-13(10-19-21)22-8-7-15(17(22)24)20-16(23)9-14(18)12-5-3-2-4-6-12/h2-6,10-11,14-15H,7-9,18H2,1H3,(H,20,23). The summed E-state index contributed by atoms with van der Waals surface area (Å²) in [5.41, 5.74) is 7.71. The number of amides is 2. The highest BCUT2D eigenvalue weighted by molar-refractivity contribution is 6.01. The average Bonchev–Trinajstić information content (AvgIpc) is 3.15. The number of nitrogens with zero attached hydrogens (tertiary/aromatic N) is 3. The van der Waals surface area contributed by atoms with E-state index in [1.807, 2.05) is 30.3 Å². The quantitative estimate of drug-likeness (QED) is 0.847. The van der Waals surface area contributed by atoms with E-state index in [-0.39, 0.29) is 24.3 Å². The van der Waals surface area contributed by atoms with Crippen LogP contribution in [0.15, 0.2) is 42.7 Å². The number of benzene rings is 1. The van der Waals surface area contributed by atoms with Gasteiger partial charge in [-0.15, -0.1) is 0 Å². The Bertz CT molecular complexity index is 728. The molecule has 3 rings (SSSR count). The summed E-state index contributed by atoms with van der Waals surface area (Å²) in [6.07, 6.45) is 4.17. The van der Waals surface area contributed by atoms with Crippen LogP contribution < -0.4 is 16.0 Å². The fourth-order valence-corrected chi connectivity index (χ4v) is 2.89. The lowest BCUT2D eigenvalue weighted by Crippen LogP contribution is -2.42. The third kappa shape index (κ3) is 3.46. The number of aryl methyl sites for hydroxylation is 1. The van der Waals surface area contributed by atoms with Crippen molar-refractivity contribution >= 4 is 17.5 Å². The van der Waals surface area contributed by atoms with Crippen molar-refractivity contribution in [3.05, 3.63) is 48.3 Å². The van der Waals surface area contributed by atoms with Crippen molar-refractivity contribution < 1.29 is 9.59 Å². The first-order valence-electron chi connectivity index (χ1n) is 7.94. The molecule has 24 heavy (non-hydrogen) atoms. The Balaban J connectivity index is 1.56. The highest BCUT2D eigenvalue weighted by atomic mass is 16.2. The van der Waals surface area contributed by atoms with Crippen molar-refractivity contribution in [2.45, 2.75) is 24.9 Å². The van der Waals surface area contributed by atoms with Crippen LogP contribution in [0.4, 0.5) is 5.69 Å². The third-order valence-electron chi connectivity index (χ3n) is 4.18. The number of nitrogens with one attached hydrogen (secondary N) is 1. The first-order chi connectivity index (χ1) is 11.5. The van der Waals surface area contributed by atoms with Crippen LogP contribution in [0.3, 0.4) is 0 Å². The second-order valence-electron chi connectivity index (χ2n) is 5.99. The summed E-state index contributed by atoms with van der Waals surface area (Å²) in [7, 11) is 1.80. The van der Waals surface area contributed by atoms with Crippen LogP contribution >= 0.6 is 0 Å². The third-order valence-corrected chi connectivity index (χ3v) is 4.18. The van der Waals surface area contributed by atoms with Crippen molar-refractivity contribution in [1.82, 2.24) is 15.1 Å². The van der Waals surface area contributed by atoms with Gasteiger partial charge in [0.15, 0.2) is 0 Å². The molecular formula is C17H21N5O2. The van der Waals surface area contributed by atoms with Crippen LogP contribution in [0.25, 0.3) is 0 Å². The van der Waals surface area contributed by atoms with E-state index in [0.717, 1.165) is 11.3 Å². The lowest BCUT2D eigenvalue weighted by atomic mass is 10.0. The minimum atomic E-state index is -0.499. The summed E-state index contributed by atoms with van der Waals surface area (Å²) in [5, 5.41) is 6.87. The molecule has 1 aliphatic rings. The van der Waals surface area contributed by atoms with Gasteiger partial charge < -0.3 is 16.0 Å². The molecule has 0 spiro atoms. The van der Waals surface area contributed by atoms with E-state index < -0.39 is 6.04 Å². The van der Waals surface area contributed by atoms with Gasteiger partial charge in [-0.2, -0.15) is 5.10 Å². The number of hydrogen-bond donors (Lipinski definition) is 2. The number of rotatable bonds is 5. The zero-order chi connectivity index (χ0) is 17.1. The Labute approximate surface area is 140 Å². The van der Waals surface area contributed by atoms with Gasteiger partial charge in [-0.3, -0.25) is 14.3 Å². The van der Waals surface area contributed by atoms with Gasteiger partial charge in [0.2, 0.25) is 11.8 Å². The Kier molecular flexibility index (Phi) is 4.61. The molecule has 7 nitrogen and oxygen atoms in total. The van der Waals surface area contributed by atoms with Gasteiger partial charge in [0.1, 0.15) is 6.04 Å². The number of anilines is 1. The molecule has 7 heteroatoms. The highest BCUT2D eigenvalue weighted by Gasteiger charge is 2.34. The molecule has 2 atom stereocenters. The molecule has 1 fully saturated rings. The zero-order valence-electron chi connectivity index (χ0n) is 13.6. The lowest BCUT2D eigenvalue weighted by molar-refractivity contribution is -0.126. The number of carbonyl (C=O) groups is 2. The van der Waals surface area contributed by atoms with Crippen LogP contribution in [0.1, 0.15) is 24.4 Å².